The van der Waals surface area contributed by atoms with Crippen molar-refractivity contribution in [1.29, 1.82) is 0 Å². The van der Waals surface area contributed by atoms with Gasteiger partial charge in [-0.1, -0.05) is 48.5 Å². The molecule has 0 bridgehead atoms. The van der Waals surface area contributed by atoms with Crippen LogP contribution in [0.25, 0.3) is 10.9 Å². The lowest BCUT2D eigenvalue weighted by atomic mass is 10.0. The minimum atomic E-state index is -1.10. The standard InChI is InChI=1S/C23H25N3O5/c27-21(11-6-12-24-23(30)31-15-16-7-2-1-3-8-16)26-20(22(28)29)13-17-14-25-19-10-5-4-9-18(17)19/h1-5,7-10,14,20,25H,6,11-13,15H2,(H,24,30)(H,26,27)(H,28,29)/t20-/m0/s1. The molecule has 0 aliphatic carbocycles. The van der Waals surface area contributed by atoms with Crippen LogP contribution in [0.2, 0.25) is 0 Å². The minimum absolute atomic E-state index is 0.0939. The number of fused-ring (bicyclic) bond motifs is 1. The molecule has 0 aliphatic heterocycles. The SMILES string of the molecule is O=C(CCCNC(=O)OCc1ccccc1)N[C@@H](Cc1c[nH]c2ccccc12)C(=O)O. The number of rotatable bonds is 10. The molecule has 0 spiro atoms. The summed E-state index contributed by atoms with van der Waals surface area (Å²) in [6, 6.07) is 15.9. The largest absolute Gasteiger partial charge is 0.480 e. The van der Waals surface area contributed by atoms with Gasteiger partial charge in [-0.2, -0.15) is 0 Å². The first-order chi connectivity index (χ1) is 15.0. The number of aromatic nitrogens is 1. The van der Waals surface area contributed by atoms with Crippen LogP contribution in [0.4, 0.5) is 4.79 Å². The van der Waals surface area contributed by atoms with Crippen LogP contribution in [0.5, 0.6) is 0 Å². The van der Waals surface area contributed by atoms with E-state index < -0.39 is 18.1 Å². The Hall–Kier alpha value is -3.81. The number of benzene rings is 2. The Balaban J connectivity index is 1.39. The van der Waals surface area contributed by atoms with Crippen molar-refractivity contribution in [2.45, 2.75) is 31.9 Å². The highest BCUT2D eigenvalue weighted by atomic mass is 16.5. The van der Waals surface area contributed by atoms with Crippen LogP contribution in [0.1, 0.15) is 24.0 Å². The molecule has 0 saturated carbocycles. The maximum atomic E-state index is 12.2. The molecule has 0 unspecified atom stereocenters. The number of carboxylic acids is 1. The van der Waals surface area contributed by atoms with Gasteiger partial charge in [0, 0.05) is 36.5 Å². The van der Waals surface area contributed by atoms with Gasteiger partial charge >= 0.3 is 12.1 Å². The maximum Gasteiger partial charge on any atom is 0.407 e. The normalized spacial score (nSPS) is 11.6. The number of alkyl carbamates (subject to hydrolysis) is 1. The van der Waals surface area contributed by atoms with Gasteiger partial charge in [0.05, 0.1) is 0 Å². The molecule has 3 aromatic rings. The molecule has 1 aromatic heterocycles. The van der Waals surface area contributed by atoms with E-state index in [0.29, 0.717) is 6.42 Å². The Morgan fingerprint density at radius 2 is 1.77 bits per heavy atom. The number of carboxylic acid groups (broad SMARTS) is 1. The molecule has 2 aromatic carbocycles. The molecular weight excluding hydrogens is 398 g/mol. The molecule has 1 heterocycles. The zero-order valence-electron chi connectivity index (χ0n) is 17.0. The van der Waals surface area contributed by atoms with Gasteiger partial charge in [-0.15, -0.1) is 0 Å². The molecule has 4 N–H and O–H groups in total. The number of hydrogen-bond acceptors (Lipinski definition) is 4. The fraction of sp³-hybridized carbons (Fsp3) is 0.261. The van der Waals surface area contributed by atoms with Crippen molar-refractivity contribution in [2.75, 3.05) is 6.54 Å². The summed E-state index contributed by atoms with van der Waals surface area (Å²) in [7, 11) is 0. The van der Waals surface area contributed by atoms with Gasteiger partial charge in [0.15, 0.2) is 0 Å². The summed E-state index contributed by atoms with van der Waals surface area (Å²) in [5, 5.41) is 15.6. The smallest absolute Gasteiger partial charge is 0.407 e. The molecule has 0 aliphatic rings. The van der Waals surface area contributed by atoms with E-state index in [1.165, 1.54) is 0 Å². The molecule has 2 amide bonds. The van der Waals surface area contributed by atoms with E-state index in [4.69, 9.17) is 4.74 Å². The molecule has 0 fully saturated rings. The van der Waals surface area contributed by atoms with Crippen molar-refractivity contribution in [3.63, 3.8) is 0 Å². The fourth-order valence-corrected chi connectivity index (χ4v) is 3.20. The average molecular weight is 423 g/mol. The van der Waals surface area contributed by atoms with E-state index in [1.54, 1.807) is 6.20 Å². The average Bonchev–Trinajstić information content (AvgIpc) is 3.18. The van der Waals surface area contributed by atoms with E-state index in [9.17, 15) is 19.5 Å². The molecule has 0 radical (unpaired) electrons. The molecule has 3 rings (SSSR count). The predicted octanol–water partition coefficient (Wildman–Crippen LogP) is 2.99. The first kappa shape index (κ1) is 21.9. The number of aromatic amines is 1. The molecule has 1 atom stereocenters. The second kappa shape index (κ2) is 10.8. The van der Waals surface area contributed by atoms with E-state index in [0.717, 1.165) is 22.0 Å². The number of ether oxygens (including phenoxy) is 1. The second-order valence-electron chi connectivity index (χ2n) is 7.11. The Kier molecular flexibility index (Phi) is 7.64. The zero-order valence-corrected chi connectivity index (χ0v) is 17.0. The molecule has 31 heavy (non-hydrogen) atoms. The lowest BCUT2D eigenvalue weighted by Gasteiger charge is -2.14. The van der Waals surface area contributed by atoms with Gasteiger partial charge in [-0.05, 0) is 23.6 Å². The maximum absolute atomic E-state index is 12.2. The van der Waals surface area contributed by atoms with Crippen LogP contribution in [0, 0.1) is 0 Å². The van der Waals surface area contributed by atoms with Gasteiger partial charge in [0.2, 0.25) is 5.91 Å². The highest BCUT2D eigenvalue weighted by Crippen LogP contribution is 2.19. The number of aliphatic carboxylic acids is 1. The van der Waals surface area contributed by atoms with Gasteiger partial charge in [-0.25, -0.2) is 9.59 Å². The summed E-state index contributed by atoms with van der Waals surface area (Å²) in [5.74, 6) is -1.48. The number of H-pyrrole nitrogens is 1. The quantitative estimate of drug-likeness (QED) is 0.374. The minimum Gasteiger partial charge on any atom is -0.480 e. The first-order valence-corrected chi connectivity index (χ1v) is 10.0. The van der Waals surface area contributed by atoms with Gasteiger partial charge in [-0.3, -0.25) is 4.79 Å². The third kappa shape index (κ3) is 6.60. The van der Waals surface area contributed by atoms with Crippen LogP contribution in [-0.4, -0.2) is 40.6 Å². The van der Waals surface area contributed by atoms with Crippen LogP contribution in [-0.2, 0) is 27.4 Å². The summed E-state index contributed by atoms with van der Waals surface area (Å²) in [6.45, 7) is 0.419. The summed E-state index contributed by atoms with van der Waals surface area (Å²) >= 11 is 0. The third-order valence-electron chi connectivity index (χ3n) is 4.79. The number of carbonyl (C=O) groups is 3. The van der Waals surface area contributed by atoms with Crippen molar-refractivity contribution in [3.8, 4) is 0 Å². The van der Waals surface area contributed by atoms with Crippen molar-refractivity contribution in [2.24, 2.45) is 0 Å². The second-order valence-corrected chi connectivity index (χ2v) is 7.11. The van der Waals surface area contributed by atoms with E-state index in [-0.39, 0.29) is 31.9 Å². The Morgan fingerprint density at radius 3 is 2.55 bits per heavy atom. The monoisotopic (exact) mass is 423 g/mol. The lowest BCUT2D eigenvalue weighted by molar-refractivity contribution is -0.141. The molecule has 0 saturated heterocycles. The number of amides is 2. The molecular formula is C23H25N3O5. The van der Waals surface area contributed by atoms with E-state index in [1.807, 2.05) is 54.6 Å². The van der Waals surface area contributed by atoms with Crippen LogP contribution >= 0.6 is 0 Å². The van der Waals surface area contributed by atoms with Crippen LogP contribution < -0.4 is 10.6 Å². The van der Waals surface area contributed by atoms with Crippen molar-refractivity contribution in [3.05, 3.63) is 71.9 Å². The highest BCUT2D eigenvalue weighted by Gasteiger charge is 2.21. The van der Waals surface area contributed by atoms with Crippen LogP contribution in [0.3, 0.4) is 0 Å². The molecule has 8 nitrogen and oxygen atoms in total. The number of para-hydroxylation sites is 1. The van der Waals surface area contributed by atoms with E-state index in [2.05, 4.69) is 15.6 Å². The van der Waals surface area contributed by atoms with Gasteiger partial charge in [0.1, 0.15) is 12.6 Å². The van der Waals surface area contributed by atoms with Gasteiger partial charge < -0.3 is 25.5 Å². The predicted molar refractivity (Wildman–Crippen MR) is 115 cm³/mol. The molecule has 8 heteroatoms. The summed E-state index contributed by atoms with van der Waals surface area (Å²) in [6.07, 6.45) is 1.84. The highest BCUT2D eigenvalue weighted by molar-refractivity contribution is 5.86. The van der Waals surface area contributed by atoms with Crippen molar-refractivity contribution in [1.82, 2.24) is 15.6 Å². The Labute approximate surface area is 179 Å². The summed E-state index contributed by atoms with van der Waals surface area (Å²) < 4.78 is 5.09. The summed E-state index contributed by atoms with van der Waals surface area (Å²) in [5.41, 5.74) is 2.62. The Morgan fingerprint density at radius 1 is 1.03 bits per heavy atom. The zero-order chi connectivity index (χ0) is 22.1. The number of nitrogens with one attached hydrogen (secondary N) is 3. The lowest BCUT2D eigenvalue weighted by Crippen LogP contribution is -2.42. The Bertz CT molecular complexity index is 1030. The van der Waals surface area contributed by atoms with Gasteiger partial charge in [0.25, 0.3) is 0 Å². The number of hydrogen-bond donors (Lipinski definition) is 4. The third-order valence-corrected chi connectivity index (χ3v) is 4.79. The summed E-state index contributed by atoms with van der Waals surface area (Å²) in [4.78, 5) is 38.6. The van der Waals surface area contributed by atoms with E-state index >= 15 is 0 Å². The van der Waals surface area contributed by atoms with Crippen LogP contribution in [0.15, 0.2) is 60.8 Å². The fourth-order valence-electron chi connectivity index (χ4n) is 3.20. The molecule has 162 valence electrons. The van der Waals surface area contributed by atoms with Crippen molar-refractivity contribution < 1.29 is 24.2 Å². The first-order valence-electron chi connectivity index (χ1n) is 10.0. The number of carbonyl (C=O) groups excluding carboxylic acids is 2. The topological polar surface area (TPSA) is 121 Å². The van der Waals surface area contributed by atoms with Crippen molar-refractivity contribution >= 4 is 28.9 Å².